The summed E-state index contributed by atoms with van der Waals surface area (Å²) in [5.41, 5.74) is 1.05. The molecule has 1 aromatic carbocycles. The number of halogens is 1. The fourth-order valence-electron chi connectivity index (χ4n) is 3.60. The van der Waals surface area contributed by atoms with Crippen LogP contribution in [0.1, 0.15) is 37.3 Å². The van der Waals surface area contributed by atoms with Crippen molar-refractivity contribution in [3.8, 4) is 5.75 Å². The number of carbonyl (C=O) groups excluding carboxylic acids is 2. The summed E-state index contributed by atoms with van der Waals surface area (Å²) in [6, 6.07) is 7.97. The molecule has 2 heterocycles. The quantitative estimate of drug-likeness (QED) is 0.685. The maximum atomic E-state index is 14.0. The van der Waals surface area contributed by atoms with Crippen molar-refractivity contribution in [2.75, 3.05) is 26.2 Å². The average Bonchev–Trinajstić information content (AvgIpc) is 3.15. The summed E-state index contributed by atoms with van der Waals surface area (Å²) in [6.45, 7) is 6.83. The Morgan fingerprint density at radius 1 is 1.31 bits per heavy atom. The highest BCUT2D eigenvalue weighted by molar-refractivity contribution is 7.10. The number of para-hydroxylation sites is 1. The Morgan fingerprint density at radius 2 is 2.07 bits per heavy atom. The zero-order valence-corrected chi connectivity index (χ0v) is 17.9. The third-order valence-electron chi connectivity index (χ3n) is 5.01. The van der Waals surface area contributed by atoms with Gasteiger partial charge in [0.25, 0.3) is 0 Å². The predicted molar refractivity (Wildman–Crippen MR) is 111 cm³/mol. The molecule has 0 radical (unpaired) electrons. The molecule has 2 amide bonds. The van der Waals surface area contributed by atoms with E-state index < -0.39 is 5.82 Å². The first-order valence-corrected chi connectivity index (χ1v) is 10.7. The lowest BCUT2D eigenvalue weighted by molar-refractivity contribution is -0.142. The summed E-state index contributed by atoms with van der Waals surface area (Å²) in [7, 11) is 0. The second-order valence-electron chi connectivity index (χ2n) is 7.69. The molecule has 29 heavy (non-hydrogen) atoms. The first-order valence-electron chi connectivity index (χ1n) is 9.85. The Balaban J connectivity index is 1.77. The number of nitrogens with zero attached hydrogens (tertiary/aromatic N) is 2. The fourth-order valence-corrected chi connectivity index (χ4v) is 4.53. The Bertz CT molecular complexity index is 867. The molecule has 0 N–H and O–H groups in total. The van der Waals surface area contributed by atoms with Gasteiger partial charge in [-0.25, -0.2) is 4.39 Å². The van der Waals surface area contributed by atoms with Gasteiger partial charge in [0.2, 0.25) is 11.8 Å². The van der Waals surface area contributed by atoms with E-state index in [0.29, 0.717) is 13.1 Å². The number of benzene rings is 1. The van der Waals surface area contributed by atoms with E-state index in [1.165, 1.54) is 17.9 Å². The van der Waals surface area contributed by atoms with Crippen LogP contribution in [0.3, 0.4) is 0 Å². The monoisotopic (exact) mass is 418 g/mol. The smallest absolute Gasteiger partial charge is 0.242 e. The number of amides is 2. The number of carbonyl (C=O) groups is 2. The van der Waals surface area contributed by atoms with Gasteiger partial charge in [-0.05, 0) is 41.5 Å². The molecule has 5 nitrogen and oxygen atoms in total. The Hall–Kier alpha value is -2.41. The lowest BCUT2D eigenvalue weighted by Crippen LogP contribution is -2.48. The molecule has 0 unspecified atom stereocenters. The second kappa shape index (κ2) is 9.39. The molecular formula is C22H27FN2O3S. The van der Waals surface area contributed by atoms with Gasteiger partial charge < -0.3 is 14.5 Å². The molecule has 1 aliphatic rings. The molecule has 0 bridgehead atoms. The van der Waals surface area contributed by atoms with E-state index >= 15 is 0 Å². The molecule has 0 aliphatic carbocycles. The average molecular weight is 419 g/mol. The molecule has 1 aliphatic heterocycles. The van der Waals surface area contributed by atoms with Crippen LogP contribution in [0.25, 0.3) is 0 Å². The standard InChI is InChI=1S/C22H27FN2O3S/c1-15(2)12-24(16(3)26)13-22(27)25-10-8-21-17(9-11-29-21)19(25)14-28-20-7-5-4-6-18(20)23/h4-7,9,11,15,19H,8,10,12-14H2,1-3H3/t19-/m0/s1. The van der Waals surface area contributed by atoms with Gasteiger partial charge in [-0.15, -0.1) is 11.3 Å². The molecule has 1 aromatic heterocycles. The van der Waals surface area contributed by atoms with Gasteiger partial charge in [0.15, 0.2) is 11.6 Å². The predicted octanol–water partition coefficient (Wildman–Crippen LogP) is 3.90. The van der Waals surface area contributed by atoms with Crippen LogP contribution in [0.4, 0.5) is 4.39 Å². The van der Waals surface area contributed by atoms with Crippen LogP contribution in [0.15, 0.2) is 35.7 Å². The topological polar surface area (TPSA) is 49.9 Å². The molecule has 1 atom stereocenters. The zero-order valence-electron chi connectivity index (χ0n) is 17.1. The van der Waals surface area contributed by atoms with Crippen LogP contribution < -0.4 is 4.74 Å². The maximum Gasteiger partial charge on any atom is 0.242 e. The summed E-state index contributed by atoms with van der Waals surface area (Å²) in [4.78, 5) is 29.7. The van der Waals surface area contributed by atoms with E-state index in [2.05, 4.69) is 0 Å². The Morgan fingerprint density at radius 3 is 2.76 bits per heavy atom. The van der Waals surface area contributed by atoms with Crippen LogP contribution in [0.5, 0.6) is 5.75 Å². The van der Waals surface area contributed by atoms with Crippen LogP contribution in [-0.4, -0.2) is 47.9 Å². The van der Waals surface area contributed by atoms with Crippen molar-refractivity contribution in [1.82, 2.24) is 9.80 Å². The minimum absolute atomic E-state index is 0.0448. The lowest BCUT2D eigenvalue weighted by atomic mass is 10.0. The molecule has 3 rings (SSSR count). The zero-order chi connectivity index (χ0) is 21.0. The van der Waals surface area contributed by atoms with Gasteiger partial charge in [0, 0.05) is 24.9 Å². The van der Waals surface area contributed by atoms with Crippen LogP contribution >= 0.6 is 11.3 Å². The third-order valence-corrected chi connectivity index (χ3v) is 6.00. The normalized spacial score (nSPS) is 15.9. The van der Waals surface area contributed by atoms with Gasteiger partial charge in [-0.2, -0.15) is 0 Å². The first-order chi connectivity index (χ1) is 13.9. The van der Waals surface area contributed by atoms with Crippen molar-refractivity contribution in [1.29, 1.82) is 0 Å². The van der Waals surface area contributed by atoms with E-state index in [1.54, 1.807) is 39.3 Å². The van der Waals surface area contributed by atoms with Gasteiger partial charge in [-0.1, -0.05) is 26.0 Å². The van der Waals surface area contributed by atoms with Gasteiger partial charge >= 0.3 is 0 Å². The van der Waals surface area contributed by atoms with Crippen molar-refractivity contribution in [2.45, 2.75) is 33.2 Å². The number of hydrogen-bond acceptors (Lipinski definition) is 4. The minimum atomic E-state index is -0.425. The summed E-state index contributed by atoms with van der Waals surface area (Å²) < 4.78 is 19.7. The fraction of sp³-hybridized carbons (Fsp3) is 0.455. The van der Waals surface area contributed by atoms with Gasteiger partial charge in [0.05, 0.1) is 12.6 Å². The van der Waals surface area contributed by atoms with Crippen molar-refractivity contribution in [3.63, 3.8) is 0 Å². The SMILES string of the molecule is CC(=O)N(CC(=O)N1CCc2sccc2[C@@H]1COc1ccccc1F)CC(C)C. The molecule has 0 spiro atoms. The first kappa shape index (κ1) is 21.3. The molecular weight excluding hydrogens is 391 g/mol. The molecule has 7 heteroatoms. The molecule has 2 aromatic rings. The maximum absolute atomic E-state index is 14.0. The van der Waals surface area contributed by atoms with Crippen molar-refractivity contribution < 1.29 is 18.7 Å². The highest BCUT2D eigenvalue weighted by Gasteiger charge is 2.33. The number of thiophene rings is 1. The van der Waals surface area contributed by atoms with E-state index in [9.17, 15) is 14.0 Å². The van der Waals surface area contributed by atoms with Crippen LogP contribution in [0.2, 0.25) is 0 Å². The van der Waals surface area contributed by atoms with Crippen molar-refractivity contribution in [2.24, 2.45) is 5.92 Å². The third kappa shape index (κ3) is 5.15. The van der Waals surface area contributed by atoms with Crippen molar-refractivity contribution in [3.05, 3.63) is 52.0 Å². The molecule has 156 valence electrons. The largest absolute Gasteiger partial charge is 0.488 e. The number of rotatable bonds is 7. The van der Waals surface area contributed by atoms with Gasteiger partial charge in [0.1, 0.15) is 6.61 Å². The second-order valence-corrected chi connectivity index (χ2v) is 8.69. The summed E-state index contributed by atoms with van der Waals surface area (Å²) >= 11 is 1.66. The number of ether oxygens (including phenoxy) is 1. The van der Waals surface area contributed by atoms with Crippen LogP contribution in [0, 0.1) is 11.7 Å². The number of fused-ring (bicyclic) bond motifs is 1. The lowest BCUT2D eigenvalue weighted by Gasteiger charge is -2.37. The summed E-state index contributed by atoms with van der Waals surface area (Å²) in [6.07, 6.45) is 0.777. The Labute approximate surface area is 175 Å². The molecule has 0 fully saturated rings. The van der Waals surface area contributed by atoms with E-state index in [-0.39, 0.29) is 42.7 Å². The van der Waals surface area contributed by atoms with E-state index in [1.807, 2.05) is 25.3 Å². The van der Waals surface area contributed by atoms with Gasteiger partial charge in [-0.3, -0.25) is 9.59 Å². The summed E-state index contributed by atoms with van der Waals surface area (Å²) in [5.74, 6) is -0.199. The molecule has 0 saturated heterocycles. The van der Waals surface area contributed by atoms with E-state index in [4.69, 9.17) is 4.74 Å². The molecule has 0 saturated carbocycles. The van der Waals surface area contributed by atoms with Crippen LogP contribution in [-0.2, 0) is 16.0 Å². The highest BCUT2D eigenvalue weighted by Crippen LogP contribution is 2.34. The summed E-state index contributed by atoms with van der Waals surface area (Å²) in [5, 5.41) is 2.01. The van der Waals surface area contributed by atoms with E-state index in [0.717, 1.165) is 12.0 Å². The number of hydrogen-bond donors (Lipinski definition) is 0. The Kier molecular flexibility index (Phi) is 6.90. The van der Waals surface area contributed by atoms with Crippen molar-refractivity contribution >= 4 is 23.2 Å². The highest BCUT2D eigenvalue weighted by atomic mass is 32.1. The minimum Gasteiger partial charge on any atom is -0.488 e.